The highest BCUT2D eigenvalue weighted by molar-refractivity contribution is 6.35. The maximum absolute atomic E-state index is 12.4. The van der Waals surface area contributed by atoms with Crippen molar-refractivity contribution >= 4 is 58.0 Å². The average Bonchev–Trinajstić information content (AvgIpc) is 2.61. The quantitative estimate of drug-likeness (QED) is 0.533. The van der Waals surface area contributed by atoms with E-state index in [1.807, 2.05) is 6.07 Å². The molecule has 3 aromatic rings. The van der Waals surface area contributed by atoms with Crippen LogP contribution in [0.15, 0.2) is 66.7 Å². The van der Waals surface area contributed by atoms with Gasteiger partial charge in [-0.25, -0.2) is 0 Å². The van der Waals surface area contributed by atoms with Crippen LogP contribution >= 0.6 is 34.8 Å². The molecule has 0 bridgehead atoms. The van der Waals surface area contributed by atoms with E-state index in [1.54, 1.807) is 42.5 Å². The first kappa shape index (κ1) is 19.2. The van der Waals surface area contributed by atoms with Crippen LogP contribution in [0.25, 0.3) is 0 Å². The minimum absolute atomic E-state index is 0.281. The lowest BCUT2D eigenvalue weighted by Gasteiger charge is -2.10. The fourth-order valence-electron chi connectivity index (χ4n) is 2.41. The predicted octanol–water partition coefficient (Wildman–Crippen LogP) is 6.15. The highest BCUT2D eigenvalue weighted by Gasteiger charge is 2.11. The van der Waals surface area contributed by atoms with Gasteiger partial charge < -0.3 is 10.6 Å². The molecule has 0 aliphatic heterocycles. The molecular weight excluding hydrogens is 407 g/mol. The number of amides is 2. The highest BCUT2D eigenvalue weighted by Crippen LogP contribution is 2.25. The van der Waals surface area contributed by atoms with Crippen LogP contribution in [0.3, 0.4) is 0 Å². The molecule has 0 fully saturated rings. The summed E-state index contributed by atoms with van der Waals surface area (Å²) in [5, 5.41) is 6.54. The van der Waals surface area contributed by atoms with E-state index >= 15 is 0 Å². The van der Waals surface area contributed by atoms with Gasteiger partial charge in [0.15, 0.2) is 0 Å². The van der Waals surface area contributed by atoms with E-state index in [1.165, 1.54) is 18.2 Å². The fourth-order valence-corrected chi connectivity index (χ4v) is 3.18. The summed E-state index contributed by atoms with van der Waals surface area (Å²) in [5.74, 6) is -0.682. The molecule has 0 aliphatic rings. The second-order valence-corrected chi connectivity index (χ2v) is 6.97. The van der Waals surface area contributed by atoms with Gasteiger partial charge in [0, 0.05) is 37.6 Å². The third kappa shape index (κ3) is 5.23. The highest BCUT2D eigenvalue weighted by atomic mass is 35.5. The second-order valence-electron chi connectivity index (χ2n) is 5.66. The number of nitrogens with one attached hydrogen (secondary N) is 2. The number of hydrogen-bond donors (Lipinski definition) is 2. The first-order valence-electron chi connectivity index (χ1n) is 7.85. The van der Waals surface area contributed by atoms with E-state index in [0.29, 0.717) is 37.6 Å². The van der Waals surface area contributed by atoms with E-state index in [4.69, 9.17) is 34.8 Å². The van der Waals surface area contributed by atoms with Gasteiger partial charge in [-0.3, -0.25) is 9.59 Å². The van der Waals surface area contributed by atoms with Gasteiger partial charge >= 0.3 is 0 Å². The summed E-state index contributed by atoms with van der Waals surface area (Å²) in [6, 6.07) is 18.1. The second kappa shape index (κ2) is 8.44. The summed E-state index contributed by atoms with van der Waals surface area (Å²) in [7, 11) is 0. The Morgan fingerprint density at radius 1 is 0.593 bits per heavy atom. The fraction of sp³-hybridized carbons (Fsp3) is 0. The van der Waals surface area contributed by atoms with Gasteiger partial charge in [0.05, 0.1) is 0 Å². The lowest BCUT2D eigenvalue weighted by Crippen LogP contribution is -2.14. The zero-order valence-electron chi connectivity index (χ0n) is 13.8. The molecule has 2 amide bonds. The van der Waals surface area contributed by atoms with Crippen molar-refractivity contribution in [1.82, 2.24) is 0 Å². The number of benzene rings is 3. The van der Waals surface area contributed by atoms with E-state index < -0.39 is 5.91 Å². The SMILES string of the molecule is O=C(Nc1cc(Cl)cc(NC(=O)c2cc(Cl)cc(Cl)c2)c1)c1ccccc1. The van der Waals surface area contributed by atoms with Crippen molar-refractivity contribution in [3.63, 3.8) is 0 Å². The normalized spacial score (nSPS) is 10.3. The van der Waals surface area contributed by atoms with Gasteiger partial charge in [0.25, 0.3) is 11.8 Å². The molecule has 0 heterocycles. The minimum atomic E-state index is -0.401. The van der Waals surface area contributed by atoms with Crippen molar-refractivity contribution in [2.45, 2.75) is 0 Å². The molecule has 0 saturated heterocycles. The van der Waals surface area contributed by atoms with Crippen molar-refractivity contribution in [2.75, 3.05) is 10.6 Å². The molecule has 0 saturated carbocycles. The first-order chi connectivity index (χ1) is 12.9. The predicted molar refractivity (Wildman–Crippen MR) is 110 cm³/mol. The number of hydrogen-bond acceptors (Lipinski definition) is 2. The molecule has 0 aromatic heterocycles. The molecule has 136 valence electrons. The number of carbonyl (C=O) groups excluding carboxylic acids is 2. The van der Waals surface area contributed by atoms with Gasteiger partial charge in [0.2, 0.25) is 0 Å². The van der Waals surface area contributed by atoms with Gasteiger partial charge in [-0.15, -0.1) is 0 Å². The van der Waals surface area contributed by atoms with E-state index in [2.05, 4.69) is 10.6 Å². The number of rotatable bonds is 4. The standard InChI is InChI=1S/C20H13Cl3N2O2/c21-14-6-13(7-15(22)8-14)20(27)25-18-10-16(23)9-17(11-18)24-19(26)12-4-2-1-3-5-12/h1-11H,(H,24,26)(H,25,27). The van der Waals surface area contributed by atoms with Crippen LogP contribution in [0.2, 0.25) is 15.1 Å². The Balaban J connectivity index is 1.79. The Morgan fingerprint density at radius 2 is 1.07 bits per heavy atom. The molecule has 27 heavy (non-hydrogen) atoms. The average molecular weight is 420 g/mol. The maximum Gasteiger partial charge on any atom is 0.255 e. The van der Waals surface area contributed by atoms with E-state index in [-0.39, 0.29) is 5.91 Å². The number of carbonyl (C=O) groups is 2. The van der Waals surface area contributed by atoms with Crippen molar-refractivity contribution in [1.29, 1.82) is 0 Å². The van der Waals surface area contributed by atoms with Crippen LogP contribution in [0, 0.1) is 0 Å². The van der Waals surface area contributed by atoms with Crippen LogP contribution in [0.4, 0.5) is 11.4 Å². The lowest BCUT2D eigenvalue weighted by atomic mass is 10.2. The summed E-state index contributed by atoms with van der Waals surface area (Å²) in [6.45, 7) is 0. The van der Waals surface area contributed by atoms with Gasteiger partial charge in [-0.05, 0) is 48.5 Å². The third-order valence-corrected chi connectivity index (χ3v) is 4.23. The molecule has 2 N–H and O–H groups in total. The third-order valence-electron chi connectivity index (χ3n) is 3.57. The largest absolute Gasteiger partial charge is 0.322 e. The molecule has 0 unspecified atom stereocenters. The monoisotopic (exact) mass is 418 g/mol. The Hall–Kier alpha value is -2.53. The van der Waals surface area contributed by atoms with Crippen molar-refractivity contribution < 1.29 is 9.59 Å². The van der Waals surface area contributed by atoms with Crippen molar-refractivity contribution in [3.05, 3.63) is 92.9 Å². The Morgan fingerprint density at radius 3 is 1.63 bits per heavy atom. The number of halogens is 3. The lowest BCUT2D eigenvalue weighted by molar-refractivity contribution is 0.101. The zero-order valence-corrected chi connectivity index (χ0v) is 16.1. The van der Waals surface area contributed by atoms with Crippen LogP contribution in [0.5, 0.6) is 0 Å². The summed E-state index contributed by atoms with van der Waals surface area (Å²) in [6.07, 6.45) is 0. The van der Waals surface area contributed by atoms with Crippen molar-refractivity contribution in [3.8, 4) is 0 Å². The summed E-state index contributed by atoms with van der Waals surface area (Å²) in [4.78, 5) is 24.7. The van der Waals surface area contributed by atoms with Crippen molar-refractivity contribution in [2.24, 2.45) is 0 Å². The van der Waals surface area contributed by atoms with Crippen LogP contribution < -0.4 is 10.6 Å². The number of anilines is 2. The Kier molecular flexibility index (Phi) is 6.01. The van der Waals surface area contributed by atoms with Gasteiger partial charge in [0.1, 0.15) is 0 Å². The van der Waals surface area contributed by atoms with Crippen LogP contribution in [-0.2, 0) is 0 Å². The Labute approximate surface area is 171 Å². The molecule has 0 spiro atoms. The molecule has 0 aliphatic carbocycles. The van der Waals surface area contributed by atoms with E-state index in [0.717, 1.165) is 0 Å². The van der Waals surface area contributed by atoms with Gasteiger partial charge in [-0.2, -0.15) is 0 Å². The molecular formula is C20H13Cl3N2O2. The van der Waals surface area contributed by atoms with E-state index in [9.17, 15) is 9.59 Å². The first-order valence-corrected chi connectivity index (χ1v) is 8.98. The van der Waals surface area contributed by atoms with Crippen LogP contribution in [0.1, 0.15) is 20.7 Å². The molecule has 3 aromatic carbocycles. The minimum Gasteiger partial charge on any atom is -0.322 e. The van der Waals surface area contributed by atoms with Gasteiger partial charge in [-0.1, -0.05) is 53.0 Å². The summed E-state index contributed by atoms with van der Waals surface area (Å²) < 4.78 is 0. The maximum atomic E-state index is 12.4. The molecule has 0 atom stereocenters. The molecule has 0 radical (unpaired) electrons. The molecule has 7 heteroatoms. The van der Waals surface area contributed by atoms with Crippen LogP contribution in [-0.4, -0.2) is 11.8 Å². The molecule has 4 nitrogen and oxygen atoms in total. The topological polar surface area (TPSA) is 58.2 Å². The Bertz CT molecular complexity index is 987. The smallest absolute Gasteiger partial charge is 0.255 e. The summed E-state index contributed by atoms with van der Waals surface area (Å²) >= 11 is 18.0. The zero-order chi connectivity index (χ0) is 19.4. The molecule has 3 rings (SSSR count). The summed E-state index contributed by atoms with van der Waals surface area (Å²) in [5.41, 5.74) is 1.70.